The maximum Gasteiger partial charge on any atom is 0.0557 e. The van der Waals surface area contributed by atoms with E-state index in [1.54, 1.807) is 0 Å². The van der Waals surface area contributed by atoms with Crippen LogP contribution in [0.4, 0.5) is 0 Å². The molecule has 24 heavy (non-hydrogen) atoms. The fraction of sp³-hybridized carbons (Fsp3) is 1.00. The van der Waals surface area contributed by atoms with Gasteiger partial charge in [-0.2, -0.15) is 0 Å². The summed E-state index contributed by atoms with van der Waals surface area (Å²) in [7, 11) is 0. The average molecular weight is 340 g/mol. The second kappa shape index (κ2) is 7.61. The molecule has 0 amide bonds. The summed E-state index contributed by atoms with van der Waals surface area (Å²) >= 11 is 0. The Kier molecular flexibility index (Phi) is 6.39. The summed E-state index contributed by atoms with van der Waals surface area (Å²) in [5.41, 5.74) is 13.0. The van der Waals surface area contributed by atoms with E-state index in [1.165, 1.54) is 6.42 Å². The molecule has 0 aliphatic heterocycles. The van der Waals surface area contributed by atoms with Gasteiger partial charge in [0.25, 0.3) is 0 Å². The van der Waals surface area contributed by atoms with E-state index in [-0.39, 0.29) is 17.6 Å². The molecule has 0 aromatic carbocycles. The maximum absolute atomic E-state index is 10.1. The van der Waals surface area contributed by atoms with Crippen molar-refractivity contribution < 1.29 is 5.11 Å². The zero-order chi connectivity index (χ0) is 18.1. The Morgan fingerprint density at radius 2 is 1.42 bits per heavy atom. The Balaban J connectivity index is 1.91. The Morgan fingerprint density at radius 1 is 0.833 bits per heavy atom. The molecule has 0 radical (unpaired) electrons. The minimum absolute atomic E-state index is 0.145. The van der Waals surface area contributed by atoms with E-state index in [4.69, 9.17) is 11.5 Å². The van der Waals surface area contributed by atoms with Crippen molar-refractivity contribution in [1.29, 1.82) is 0 Å². The van der Waals surface area contributed by atoms with Crippen LogP contribution in [0.3, 0.4) is 0 Å². The number of rotatable bonds is 4. The maximum atomic E-state index is 10.1. The molecule has 4 nitrogen and oxygen atoms in total. The SMILES string of the molecule is CC(C)(C)C1C[C@H](N)C[C@H](NCC(C)(C)C2CC(N)CC(O)C2)C1. The van der Waals surface area contributed by atoms with Crippen molar-refractivity contribution in [3.05, 3.63) is 0 Å². The molecule has 0 heterocycles. The van der Waals surface area contributed by atoms with Crippen molar-refractivity contribution in [2.24, 2.45) is 34.1 Å². The van der Waals surface area contributed by atoms with Gasteiger partial charge in [0, 0.05) is 24.7 Å². The molecule has 2 saturated carbocycles. The van der Waals surface area contributed by atoms with Crippen LogP contribution in [0.15, 0.2) is 0 Å². The van der Waals surface area contributed by atoms with E-state index in [1.807, 2.05) is 0 Å². The third kappa shape index (κ3) is 5.42. The van der Waals surface area contributed by atoms with Crippen LogP contribution in [0.25, 0.3) is 0 Å². The van der Waals surface area contributed by atoms with Crippen molar-refractivity contribution in [2.75, 3.05) is 6.54 Å². The molecule has 6 N–H and O–H groups in total. The Labute approximate surface area is 149 Å². The van der Waals surface area contributed by atoms with Crippen molar-refractivity contribution in [2.45, 2.75) is 97.4 Å². The summed E-state index contributed by atoms with van der Waals surface area (Å²) in [6.45, 7) is 12.6. The summed E-state index contributed by atoms with van der Waals surface area (Å²) < 4.78 is 0. The highest BCUT2D eigenvalue weighted by Gasteiger charge is 2.38. The number of aliphatic hydroxyl groups excluding tert-OH is 1. The molecule has 6 atom stereocenters. The van der Waals surface area contributed by atoms with Gasteiger partial charge in [0.15, 0.2) is 0 Å². The summed E-state index contributed by atoms with van der Waals surface area (Å²) in [5, 5.41) is 13.9. The minimum atomic E-state index is -0.230. The Morgan fingerprint density at radius 3 is 2.00 bits per heavy atom. The smallest absolute Gasteiger partial charge is 0.0557 e. The van der Waals surface area contributed by atoms with Gasteiger partial charge in [0.05, 0.1) is 6.10 Å². The van der Waals surface area contributed by atoms with Gasteiger partial charge in [-0.05, 0) is 61.2 Å². The van der Waals surface area contributed by atoms with Crippen LogP contribution in [-0.4, -0.2) is 35.9 Å². The highest BCUT2D eigenvalue weighted by atomic mass is 16.3. The first-order valence-electron chi connectivity index (χ1n) is 9.90. The van der Waals surface area contributed by atoms with Crippen molar-refractivity contribution in [3.8, 4) is 0 Å². The Hall–Kier alpha value is -0.160. The van der Waals surface area contributed by atoms with E-state index in [2.05, 4.69) is 39.9 Å². The molecule has 142 valence electrons. The number of hydrogen-bond acceptors (Lipinski definition) is 4. The first kappa shape index (κ1) is 20.2. The number of aliphatic hydroxyl groups is 1. The van der Waals surface area contributed by atoms with Crippen molar-refractivity contribution >= 4 is 0 Å². The summed E-state index contributed by atoms with van der Waals surface area (Å²) in [6.07, 6.45) is 5.89. The highest BCUT2D eigenvalue weighted by Crippen LogP contribution is 2.40. The van der Waals surface area contributed by atoms with E-state index in [0.717, 1.165) is 38.6 Å². The van der Waals surface area contributed by atoms with Crippen molar-refractivity contribution in [1.82, 2.24) is 5.32 Å². The van der Waals surface area contributed by atoms with Crippen LogP contribution in [0.2, 0.25) is 0 Å². The minimum Gasteiger partial charge on any atom is -0.393 e. The summed E-state index contributed by atoms with van der Waals surface area (Å²) in [6, 6.07) is 0.972. The predicted molar refractivity (Wildman–Crippen MR) is 102 cm³/mol. The third-order valence-electron chi connectivity index (χ3n) is 6.64. The van der Waals surface area contributed by atoms with Gasteiger partial charge in [0.2, 0.25) is 0 Å². The molecule has 4 heteroatoms. The second-order valence-corrected chi connectivity index (χ2v) is 10.4. The lowest BCUT2D eigenvalue weighted by molar-refractivity contribution is 0.0387. The monoisotopic (exact) mass is 339 g/mol. The summed E-state index contributed by atoms with van der Waals surface area (Å²) in [4.78, 5) is 0. The lowest BCUT2D eigenvalue weighted by Gasteiger charge is -2.44. The summed E-state index contributed by atoms with van der Waals surface area (Å²) in [5.74, 6) is 1.17. The van der Waals surface area contributed by atoms with Gasteiger partial charge in [-0.3, -0.25) is 0 Å². The van der Waals surface area contributed by atoms with Crippen LogP contribution in [0.1, 0.15) is 73.1 Å². The topological polar surface area (TPSA) is 84.3 Å². The van der Waals surface area contributed by atoms with Gasteiger partial charge in [0.1, 0.15) is 0 Å². The van der Waals surface area contributed by atoms with Gasteiger partial charge >= 0.3 is 0 Å². The van der Waals surface area contributed by atoms with Gasteiger partial charge in [-0.25, -0.2) is 0 Å². The number of hydrogen-bond donors (Lipinski definition) is 4. The lowest BCUT2D eigenvalue weighted by atomic mass is 9.68. The fourth-order valence-electron chi connectivity index (χ4n) is 4.76. The molecule has 0 saturated heterocycles. The van der Waals surface area contributed by atoms with Crippen LogP contribution < -0.4 is 16.8 Å². The molecule has 0 aromatic rings. The molecular weight excluding hydrogens is 298 g/mol. The van der Waals surface area contributed by atoms with Crippen LogP contribution >= 0.6 is 0 Å². The molecule has 4 unspecified atom stereocenters. The molecule has 2 aliphatic carbocycles. The number of nitrogens with two attached hydrogens (primary N) is 2. The van der Waals surface area contributed by atoms with E-state index >= 15 is 0 Å². The fourth-order valence-corrected chi connectivity index (χ4v) is 4.76. The largest absolute Gasteiger partial charge is 0.393 e. The molecule has 0 spiro atoms. The number of nitrogens with one attached hydrogen (secondary N) is 1. The average Bonchev–Trinajstić information content (AvgIpc) is 2.43. The zero-order valence-electron chi connectivity index (χ0n) is 16.5. The highest BCUT2D eigenvalue weighted by molar-refractivity contribution is 4.93. The van der Waals surface area contributed by atoms with Crippen molar-refractivity contribution in [3.63, 3.8) is 0 Å². The first-order chi connectivity index (χ1) is 11.0. The van der Waals surface area contributed by atoms with Crippen LogP contribution in [0.5, 0.6) is 0 Å². The quantitative estimate of drug-likeness (QED) is 0.634. The molecule has 0 bridgehead atoms. The van der Waals surface area contributed by atoms with Gasteiger partial charge < -0.3 is 21.9 Å². The first-order valence-corrected chi connectivity index (χ1v) is 9.90. The van der Waals surface area contributed by atoms with Gasteiger partial charge in [-0.1, -0.05) is 34.6 Å². The standard InChI is InChI=1S/C20H41N3O/c1-19(2,3)13-6-15(21)10-17(8-13)23-12-20(4,5)14-7-16(22)11-18(24)9-14/h13-18,23-24H,6-12,21-22H2,1-5H3/t13?,14?,15-,16?,17+,18?/m0/s1. The molecular formula is C20H41N3O. The molecule has 2 rings (SSSR count). The lowest BCUT2D eigenvalue weighted by Crippen LogP contribution is -2.50. The normalized spacial score (nSPS) is 39.0. The van der Waals surface area contributed by atoms with Gasteiger partial charge in [-0.15, -0.1) is 0 Å². The van der Waals surface area contributed by atoms with Crippen LogP contribution in [0, 0.1) is 22.7 Å². The molecule has 2 fully saturated rings. The second-order valence-electron chi connectivity index (χ2n) is 10.4. The van der Waals surface area contributed by atoms with E-state index in [0.29, 0.717) is 29.3 Å². The predicted octanol–water partition coefficient (Wildman–Crippen LogP) is 2.63. The third-order valence-corrected chi connectivity index (χ3v) is 6.64. The zero-order valence-corrected chi connectivity index (χ0v) is 16.5. The van der Waals surface area contributed by atoms with E-state index < -0.39 is 0 Å². The Bertz CT molecular complexity index is 394. The molecule has 0 aromatic heterocycles. The van der Waals surface area contributed by atoms with Crippen LogP contribution in [-0.2, 0) is 0 Å². The molecule has 2 aliphatic rings. The van der Waals surface area contributed by atoms with E-state index in [9.17, 15) is 5.11 Å².